The summed E-state index contributed by atoms with van der Waals surface area (Å²) in [6.45, 7) is -0.585. The molecule has 4 aromatic rings. The first-order chi connectivity index (χ1) is 16.5. The SMILES string of the molecule is O=C(COC(=O)c1c2c(nc3ccccc13)C(=Cc1ccco1)CC2)Nc1ccc(F)c(F)c1. The van der Waals surface area contributed by atoms with Gasteiger partial charge in [0.05, 0.1) is 23.0 Å². The van der Waals surface area contributed by atoms with Gasteiger partial charge in [0.2, 0.25) is 0 Å². The van der Waals surface area contributed by atoms with Crippen LogP contribution in [0.2, 0.25) is 0 Å². The molecule has 0 radical (unpaired) electrons. The number of hydrogen-bond acceptors (Lipinski definition) is 5. The quantitative estimate of drug-likeness (QED) is 0.404. The molecule has 8 heteroatoms. The first-order valence-electron chi connectivity index (χ1n) is 10.6. The standard InChI is InChI=1S/C26H18F2N2O4/c27-20-10-8-16(13-21(20)28)29-23(31)14-34-26(32)24-18-5-1-2-6-22(18)30-25-15(7-9-19(24)25)12-17-4-3-11-33-17/h1-6,8,10-13H,7,9,14H2,(H,29,31). The minimum absolute atomic E-state index is 0.0582. The summed E-state index contributed by atoms with van der Waals surface area (Å²) in [7, 11) is 0. The van der Waals surface area contributed by atoms with Gasteiger partial charge in [-0.2, -0.15) is 0 Å². The maximum Gasteiger partial charge on any atom is 0.339 e. The van der Waals surface area contributed by atoms with Crippen LogP contribution >= 0.6 is 0 Å². The third kappa shape index (κ3) is 4.17. The van der Waals surface area contributed by atoms with Gasteiger partial charge in [-0.15, -0.1) is 0 Å². The number of furan rings is 1. The van der Waals surface area contributed by atoms with Crippen LogP contribution in [0.4, 0.5) is 14.5 Å². The van der Waals surface area contributed by atoms with Crippen molar-refractivity contribution in [3.8, 4) is 0 Å². The highest BCUT2D eigenvalue weighted by atomic mass is 19.2. The number of aromatic nitrogens is 1. The van der Waals surface area contributed by atoms with E-state index in [0.29, 0.717) is 40.8 Å². The summed E-state index contributed by atoms with van der Waals surface area (Å²) in [5, 5.41) is 3.01. The normalized spacial score (nSPS) is 13.8. The lowest BCUT2D eigenvalue weighted by Crippen LogP contribution is -2.22. The van der Waals surface area contributed by atoms with E-state index < -0.39 is 30.1 Å². The van der Waals surface area contributed by atoms with Crippen molar-refractivity contribution in [2.45, 2.75) is 12.8 Å². The number of carbonyl (C=O) groups is 2. The van der Waals surface area contributed by atoms with E-state index in [1.165, 1.54) is 6.07 Å². The molecule has 0 aliphatic heterocycles. The van der Waals surface area contributed by atoms with Crippen LogP contribution in [0.3, 0.4) is 0 Å². The molecular weight excluding hydrogens is 442 g/mol. The molecule has 1 N–H and O–H groups in total. The summed E-state index contributed by atoms with van der Waals surface area (Å²) in [4.78, 5) is 30.1. The Morgan fingerprint density at radius 1 is 1.06 bits per heavy atom. The molecule has 34 heavy (non-hydrogen) atoms. The van der Waals surface area contributed by atoms with Crippen LogP contribution < -0.4 is 5.32 Å². The van der Waals surface area contributed by atoms with Gasteiger partial charge < -0.3 is 14.5 Å². The average molecular weight is 460 g/mol. The van der Waals surface area contributed by atoms with Gasteiger partial charge in [0.25, 0.3) is 5.91 Å². The maximum absolute atomic E-state index is 13.4. The zero-order valence-electron chi connectivity index (χ0n) is 17.8. The zero-order valence-corrected chi connectivity index (χ0v) is 17.8. The van der Waals surface area contributed by atoms with E-state index >= 15 is 0 Å². The Morgan fingerprint density at radius 3 is 2.71 bits per heavy atom. The van der Waals surface area contributed by atoms with Gasteiger partial charge in [0, 0.05) is 17.1 Å². The molecule has 5 rings (SSSR count). The summed E-state index contributed by atoms with van der Waals surface area (Å²) >= 11 is 0. The molecule has 1 amide bonds. The number of benzene rings is 2. The van der Waals surface area contributed by atoms with E-state index in [1.807, 2.05) is 24.3 Å². The molecule has 0 unspecified atom stereocenters. The minimum atomic E-state index is -1.09. The fourth-order valence-electron chi connectivity index (χ4n) is 4.03. The van der Waals surface area contributed by atoms with Crippen molar-refractivity contribution in [3.63, 3.8) is 0 Å². The highest BCUT2D eigenvalue weighted by molar-refractivity contribution is 6.07. The topological polar surface area (TPSA) is 81.4 Å². The Morgan fingerprint density at radius 2 is 1.91 bits per heavy atom. The van der Waals surface area contributed by atoms with Crippen LogP contribution in [0.5, 0.6) is 0 Å². The number of carbonyl (C=O) groups excluding carboxylic acids is 2. The highest BCUT2D eigenvalue weighted by Crippen LogP contribution is 2.37. The number of amides is 1. The first-order valence-corrected chi connectivity index (χ1v) is 10.6. The largest absolute Gasteiger partial charge is 0.465 e. The summed E-state index contributed by atoms with van der Waals surface area (Å²) in [6.07, 6.45) is 4.75. The second-order valence-electron chi connectivity index (χ2n) is 7.77. The fraction of sp³-hybridized carbons (Fsp3) is 0.115. The van der Waals surface area contributed by atoms with Gasteiger partial charge >= 0.3 is 5.97 Å². The van der Waals surface area contributed by atoms with Crippen molar-refractivity contribution in [2.75, 3.05) is 11.9 Å². The Bertz CT molecular complexity index is 1440. The predicted molar refractivity (Wildman–Crippen MR) is 122 cm³/mol. The second kappa shape index (κ2) is 8.90. The van der Waals surface area contributed by atoms with Gasteiger partial charge in [-0.05, 0) is 60.4 Å². The van der Waals surface area contributed by atoms with Gasteiger partial charge in [-0.3, -0.25) is 4.79 Å². The van der Waals surface area contributed by atoms with E-state index in [0.717, 1.165) is 23.3 Å². The van der Waals surface area contributed by atoms with Crippen LogP contribution in [-0.2, 0) is 16.0 Å². The minimum Gasteiger partial charge on any atom is -0.465 e. The Labute approximate surface area is 192 Å². The lowest BCUT2D eigenvalue weighted by molar-refractivity contribution is -0.119. The third-order valence-corrected chi connectivity index (χ3v) is 5.54. The van der Waals surface area contributed by atoms with Crippen LogP contribution in [0.15, 0.2) is 65.3 Å². The number of hydrogen-bond donors (Lipinski definition) is 1. The van der Waals surface area contributed by atoms with Crippen molar-refractivity contribution in [3.05, 3.63) is 95.1 Å². The van der Waals surface area contributed by atoms with Crippen molar-refractivity contribution >= 4 is 40.1 Å². The van der Waals surface area contributed by atoms with Crippen molar-refractivity contribution in [2.24, 2.45) is 0 Å². The molecule has 1 aliphatic carbocycles. The number of anilines is 1. The summed E-state index contributed by atoms with van der Waals surface area (Å²) in [5.74, 6) is -2.76. The molecule has 170 valence electrons. The molecule has 0 spiro atoms. The van der Waals surface area contributed by atoms with Gasteiger partial charge in [0.15, 0.2) is 18.2 Å². The van der Waals surface area contributed by atoms with Gasteiger partial charge in [-0.25, -0.2) is 18.6 Å². The Kier molecular flexibility index (Phi) is 5.63. The van der Waals surface area contributed by atoms with Gasteiger partial charge in [0.1, 0.15) is 5.76 Å². The fourth-order valence-corrected chi connectivity index (χ4v) is 4.03. The number of pyridine rings is 1. The molecular formula is C26H18F2N2O4. The highest BCUT2D eigenvalue weighted by Gasteiger charge is 2.28. The second-order valence-corrected chi connectivity index (χ2v) is 7.77. The lowest BCUT2D eigenvalue weighted by atomic mass is 10.0. The molecule has 0 bridgehead atoms. The molecule has 2 aromatic heterocycles. The zero-order chi connectivity index (χ0) is 23.7. The Balaban J connectivity index is 1.41. The summed E-state index contributed by atoms with van der Waals surface area (Å²) in [6, 6.07) is 13.8. The number of fused-ring (bicyclic) bond motifs is 2. The van der Waals surface area contributed by atoms with E-state index in [4.69, 9.17) is 14.1 Å². The molecule has 2 heterocycles. The average Bonchev–Trinajstić information content (AvgIpc) is 3.49. The van der Waals surface area contributed by atoms with Crippen LogP contribution in [0.25, 0.3) is 22.6 Å². The number of para-hydroxylation sites is 1. The third-order valence-electron chi connectivity index (χ3n) is 5.54. The maximum atomic E-state index is 13.4. The lowest BCUT2D eigenvalue weighted by Gasteiger charge is -2.12. The predicted octanol–water partition coefficient (Wildman–Crippen LogP) is 5.39. The molecule has 0 saturated heterocycles. The number of rotatable bonds is 5. The molecule has 0 saturated carbocycles. The number of esters is 1. The Hall–Kier alpha value is -4.33. The number of ether oxygens (including phenoxy) is 1. The van der Waals surface area contributed by atoms with Crippen LogP contribution in [0, 0.1) is 11.6 Å². The number of nitrogens with zero attached hydrogens (tertiary/aromatic N) is 1. The summed E-state index contributed by atoms with van der Waals surface area (Å²) < 4.78 is 37.2. The molecule has 2 aromatic carbocycles. The van der Waals surface area contributed by atoms with E-state index in [2.05, 4.69) is 5.32 Å². The van der Waals surface area contributed by atoms with Crippen LogP contribution in [0.1, 0.15) is 33.8 Å². The van der Waals surface area contributed by atoms with Gasteiger partial charge in [-0.1, -0.05) is 18.2 Å². The van der Waals surface area contributed by atoms with Crippen LogP contribution in [-0.4, -0.2) is 23.5 Å². The van der Waals surface area contributed by atoms with E-state index in [1.54, 1.807) is 24.5 Å². The van der Waals surface area contributed by atoms with Crippen molar-refractivity contribution < 1.29 is 27.5 Å². The molecule has 6 nitrogen and oxygen atoms in total. The van der Waals surface area contributed by atoms with Crippen molar-refractivity contribution in [1.82, 2.24) is 4.98 Å². The monoisotopic (exact) mass is 460 g/mol. The smallest absolute Gasteiger partial charge is 0.339 e. The van der Waals surface area contributed by atoms with E-state index in [9.17, 15) is 18.4 Å². The number of nitrogens with one attached hydrogen (secondary N) is 1. The molecule has 1 aliphatic rings. The van der Waals surface area contributed by atoms with E-state index in [-0.39, 0.29) is 5.69 Å². The summed E-state index contributed by atoms with van der Waals surface area (Å²) in [5.41, 5.74) is 3.45. The number of allylic oxidation sites excluding steroid dienone is 1. The molecule has 0 fully saturated rings. The molecule has 0 atom stereocenters. The number of halogens is 2. The first kappa shape index (κ1) is 21.5. The van der Waals surface area contributed by atoms with Crippen molar-refractivity contribution in [1.29, 1.82) is 0 Å².